The highest BCUT2D eigenvalue weighted by atomic mass is 32.1. The number of hydrogen-bond donors (Lipinski definition) is 3. The van der Waals surface area contributed by atoms with Crippen LogP contribution in [0, 0.1) is 0 Å². The molecule has 1 heterocycles. The fraction of sp³-hybridized carbons (Fsp3) is 0.400. The van der Waals surface area contributed by atoms with E-state index in [2.05, 4.69) is 10.6 Å². The molecule has 88 valence electrons. The van der Waals surface area contributed by atoms with E-state index in [4.69, 9.17) is 5.11 Å². The number of aromatic carboxylic acids is 1. The molecule has 0 atom stereocenters. The summed E-state index contributed by atoms with van der Waals surface area (Å²) in [5.41, 5.74) is 0. The summed E-state index contributed by atoms with van der Waals surface area (Å²) in [6, 6.07) is 3.31. The van der Waals surface area contributed by atoms with Gasteiger partial charge in [0.15, 0.2) is 0 Å². The van der Waals surface area contributed by atoms with Gasteiger partial charge >= 0.3 is 5.97 Å². The van der Waals surface area contributed by atoms with Gasteiger partial charge < -0.3 is 15.7 Å². The SMILES string of the molecule is CCNC(=O)CNCc1ccc(C(=O)O)s1. The Bertz CT molecular complexity index is 376. The summed E-state index contributed by atoms with van der Waals surface area (Å²) in [6.45, 7) is 3.22. The second-order valence-electron chi connectivity index (χ2n) is 3.13. The number of carboxylic acid groups (broad SMARTS) is 1. The molecule has 0 saturated carbocycles. The second-order valence-corrected chi connectivity index (χ2v) is 4.30. The molecule has 0 unspecified atom stereocenters. The largest absolute Gasteiger partial charge is 0.477 e. The summed E-state index contributed by atoms with van der Waals surface area (Å²) in [4.78, 5) is 22.9. The van der Waals surface area contributed by atoms with E-state index >= 15 is 0 Å². The Hall–Kier alpha value is -1.40. The van der Waals surface area contributed by atoms with Crippen LogP contribution < -0.4 is 10.6 Å². The molecular weight excluding hydrogens is 228 g/mol. The highest BCUT2D eigenvalue weighted by molar-refractivity contribution is 7.13. The van der Waals surface area contributed by atoms with Gasteiger partial charge in [-0.1, -0.05) is 0 Å². The standard InChI is InChI=1S/C10H14N2O3S/c1-2-12-9(13)6-11-5-7-3-4-8(16-7)10(14)15/h3-4,11H,2,5-6H2,1H3,(H,12,13)(H,14,15). The number of nitrogens with one attached hydrogen (secondary N) is 2. The number of amides is 1. The fourth-order valence-corrected chi connectivity index (χ4v) is 1.96. The van der Waals surface area contributed by atoms with Crippen molar-refractivity contribution in [2.45, 2.75) is 13.5 Å². The summed E-state index contributed by atoms with van der Waals surface area (Å²) in [7, 11) is 0. The number of carbonyl (C=O) groups excluding carboxylic acids is 1. The van der Waals surface area contributed by atoms with Crippen molar-refractivity contribution in [3.8, 4) is 0 Å². The van der Waals surface area contributed by atoms with Crippen LogP contribution in [0.15, 0.2) is 12.1 Å². The van der Waals surface area contributed by atoms with Gasteiger partial charge in [-0.15, -0.1) is 11.3 Å². The number of thiophene rings is 1. The van der Waals surface area contributed by atoms with E-state index in [0.717, 1.165) is 4.88 Å². The minimum Gasteiger partial charge on any atom is -0.477 e. The third-order valence-corrected chi connectivity index (χ3v) is 2.90. The van der Waals surface area contributed by atoms with Crippen molar-refractivity contribution in [2.24, 2.45) is 0 Å². The van der Waals surface area contributed by atoms with Gasteiger partial charge in [0.25, 0.3) is 0 Å². The van der Waals surface area contributed by atoms with Crippen LogP contribution in [0.5, 0.6) is 0 Å². The first-order chi connectivity index (χ1) is 7.63. The van der Waals surface area contributed by atoms with Crippen molar-refractivity contribution < 1.29 is 14.7 Å². The maximum Gasteiger partial charge on any atom is 0.345 e. The third-order valence-electron chi connectivity index (χ3n) is 1.83. The average molecular weight is 242 g/mol. The lowest BCUT2D eigenvalue weighted by molar-refractivity contribution is -0.120. The van der Waals surface area contributed by atoms with Crippen molar-refractivity contribution in [3.05, 3.63) is 21.9 Å². The van der Waals surface area contributed by atoms with Gasteiger partial charge in [0, 0.05) is 18.0 Å². The predicted molar refractivity (Wildman–Crippen MR) is 61.7 cm³/mol. The van der Waals surface area contributed by atoms with E-state index in [1.165, 1.54) is 11.3 Å². The van der Waals surface area contributed by atoms with Gasteiger partial charge in [0.1, 0.15) is 4.88 Å². The first-order valence-electron chi connectivity index (χ1n) is 4.93. The lowest BCUT2D eigenvalue weighted by Crippen LogP contribution is -2.33. The van der Waals surface area contributed by atoms with Crippen LogP contribution in [-0.2, 0) is 11.3 Å². The average Bonchev–Trinajstić information content (AvgIpc) is 2.67. The van der Waals surface area contributed by atoms with Crippen LogP contribution in [0.25, 0.3) is 0 Å². The number of likely N-dealkylation sites (N-methyl/N-ethyl adjacent to an activating group) is 1. The number of carbonyl (C=O) groups is 2. The van der Waals surface area contributed by atoms with Gasteiger partial charge in [-0.3, -0.25) is 4.79 Å². The molecule has 1 amide bonds. The minimum absolute atomic E-state index is 0.0579. The smallest absolute Gasteiger partial charge is 0.345 e. The zero-order valence-electron chi connectivity index (χ0n) is 8.95. The first kappa shape index (κ1) is 12.7. The summed E-state index contributed by atoms with van der Waals surface area (Å²) in [5, 5.41) is 14.3. The summed E-state index contributed by atoms with van der Waals surface area (Å²) in [6.07, 6.45) is 0. The number of carboxylic acids is 1. The summed E-state index contributed by atoms with van der Waals surface area (Å²) >= 11 is 1.21. The third kappa shape index (κ3) is 4.00. The number of hydrogen-bond acceptors (Lipinski definition) is 4. The van der Waals surface area contributed by atoms with Crippen LogP contribution in [0.1, 0.15) is 21.5 Å². The van der Waals surface area contributed by atoms with Crippen molar-refractivity contribution in [1.82, 2.24) is 10.6 Å². The van der Waals surface area contributed by atoms with Crippen LogP contribution in [0.2, 0.25) is 0 Å². The Balaban J connectivity index is 2.32. The van der Waals surface area contributed by atoms with E-state index in [1.807, 2.05) is 6.92 Å². The summed E-state index contributed by atoms with van der Waals surface area (Å²) < 4.78 is 0. The molecule has 0 bridgehead atoms. The Morgan fingerprint density at radius 2 is 2.19 bits per heavy atom. The molecule has 0 saturated heterocycles. The molecule has 0 fully saturated rings. The van der Waals surface area contributed by atoms with Crippen LogP contribution in [0.4, 0.5) is 0 Å². The molecule has 3 N–H and O–H groups in total. The van der Waals surface area contributed by atoms with Crippen LogP contribution in [-0.4, -0.2) is 30.1 Å². The number of rotatable bonds is 6. The van der Waals surface area contributed by atoms with E-state index in [0.29, 0.717) is 18.0 Å². The molecule has 1 rings (SSSR count). The van der Waals surface area contributed by atoms with Gasteiger partial charge in [0.05, 0.1) is 6.54 Å². The van der Waals surface area contributed by atoms with E-state index in [9.17, 15) is 9.59 Å². The molecule has 0 spiro atoms. The lowest BCUT2D eigenvalue weighted by Gasteiger charge is -2.02. The maximum atomic E-state index is 11.1. The molecule has 6 heteroatoms. The van der Waals surface area contributed by atoms with E-state index in [1.54, 1.807) is 12.1 Å². The zero-order chi connectivity index (χ0) is 12.0. The van der Waals surface area contributed by atoms with Crippen molar-refractivity contribution >= 4 is 23.2 Å². The van der Waals surface area contributed by atoms with E-state index in [-0.39, 0.29) is 12.5 Å². The fourth-order valence-electron chi connectivity index (χ4n) is 1.15. The molecule has 0 radical (unpaired) electrons. The van der Waals surface area contributed by atoms with Gasteiger partial charge in [-0.2, -0.15) is 0 Å². The highest BCUT2D eigenvalue weighted by Gasteiger charge is 2.06. The first-order valence-corrected chi connectivity index (χ1v) is 5.74. The monoisotopic (exact) mass is 242 g/mol. The lowest BCUT2D eigenvalue weighted by atomic mass is 10.4. The Kier molecular flexibility index (Phi) is 4.94. The topological polar surface area (TPSA) is 78.4 Å². The molecule has 1 aromatic rings. The Morgan fingerprint density at radius 1 is 1.44 bits per heavy atom. The Morgan fingerprint density at radius 3 is 2.75 bits per heavy atom. The Labute approximate surface area is 97.5 Å². The minimum atomic E-state index is -0.917. The normalized spacial score (nSPS) is 10.1. The molecular formula is C10H14N2O3S. The van der Waals surface area contributed by atoms with Crippen LogP contribution in [0.3, 0.4) is 0 Å². The maximum absolute atomic E-state index is 11.1. The van der Waals surface area contributed by atoms with Crippen molar-refractivity contribution in [3.63, 3.8) is 0 Å². The predicted octanol–water partition coefficient (Wildman–Crippen LogP) is 0.672. The summed E-state index contributed by atoms with van der Waals surface area (Å²) in [5.74, 6) is -0.975. The molecule has 5 nitrogen and oxygen atoms in total. The quantitative estimate of drug-likeness (QED) is 0.685. The van der Waals surface area contributed by atoms with Gasteiger partial charge in [-0.25, -0.2) is 4.79 Å². The molecule has 0 aliphatic rings. The molecule has 0 aliphatic heterocycles. The van der Waals surface area contributed by atoms with Crippen molar-refractivity contribution in [2.75, 3.05) is 13.1 Å². The van der Waals surface area contributed by atoms with Crippen LogP contribution >= 0.6 is 11.3 Å². The van der Waals surface area contributed by atoms with E-state index < -0.39 is 5.97 Å². The molecule has 1 aromatic heterocycles. The highest BCUT2D eigenvalue weighted by Crippen LogP contribution is 2.15. The van der Waals surface area contributed by atoms with Gasteiger partial charge in [0.2, 0.25) is 5.91 Å². The zero-order valence-corrected chi connectivity index (χ0v) is 9.76. The molecule has 0 aliphatic carbocycles. The molecule has 16 heavy (non-hydrogen) atoms. The van der Waals surface area contributed by atoms with Crippen molar-refractivity contribution in [1.29, 1.82) is 0 Å². The van der Waals surface area contributed by atoms with Gasteiger partial charge in [-0.05, 0) is 19.1 Å². The second kappa shape index (κ2) is 6.24. The molecule has 0 aromatic carbocycles.